The van der Waals surface area contributed by atoms with E-state index in [0.29, 0.717) is 6.61 Å². The fourth-order valence-corrected chi connectivity index (χ4v) is 1.20. The first kappa shape index (κ1) is 12.5. The van der Waals surface area contributed by atoms with E-state index in [4.69, 9.17) is 4.74 Å². The standard InChI is InChI=1S/C11H21O2/c1-3-4-5-6-7-8-9-10-13-11(2)12/h1,3-10H2,2H3. The Hall–Kier alpha value is -0.530. The Kier molecular flexibility index (Phi) is 9.17. The number of carbonyl (C=O) groups excluding carboxylic acids is 1. The maximum atomic E-state index is 10.4. The molecular weight excluding hydrogens is 164 g/mol. The molecule has 0 atom stereocenters. The zero-order valence-corrected chi connectivity index (χ0v) is 8.68. The Morgan fingerprint density at radius 1 is 1.08 bits per heavy atom. The van der Waals surface area contributed by atoms with Crippen LogP contribution in [0.25, 0.3) is 0 Å². The predicted octanol–water partition coefficient (Wildman–Crippen LogP) is 3.11. The number of carbonyl (C=O) groups is 1. The minimum absolute atomic E-state index is 0.169. The Morgan fingerprint density at radius 3 is 2.15 bits per heavy atom. The fourth-order valence-electron chi connectivity index (χ4n) is 1.20. The summed E-state index contributed by atoms with van der Waals surface area (Å²) in [5, 5.41) is 0. The molecule has 2 nitrogen and oxygen atoms in total. The topological polar surface area (TPSA) is 26.3 Å². The summed E-state index contributed by atoms with van der Waals surface area (Å²) in [6, 6.07) is 0. The normalized spacial score (nSPS) is 10.0. The molecule has 0 saturated heterocycles. The van der Waals surface area contributed by atoms with Crippen LogP contribution in [0.5, 0.6) is 0 Å². The van der Waals surface area contributed by atoms with Gasteiger partial charge in [0.15, 0.2) is 0 Å². The van der Waals surface area contributed by atoms with Crippen molar-refractivity contribution in [2.45, 2.75) is 51.9 Å². The molecule has 0 spiro atoms. The van der Waals surface area contributed by atoms with Gasteiger partial charge in [-0.25, -0.2) is 0 Å². The van der Waals surface area contributed by atoms with Crippen molar-refractivity contribution < 1.29 is 9.53 Å². The molecule has 0 amide bonds. The fraction of sp³-hybridized carbons (Fsp3) is 0.818. The molecule has 0 aliphatic rings. The molecule has 13 heavy (non-hydrogen) atoms. The van der Waals surface area contributed by atoms with Gasteiger partial charge < -0.3 is 4.74 Å². The van der Waals surface area contributed by atoms with Gasteiger partial charge in [0, 0.05) is 6.92 Å². The Balaban J connectivity index is 2.87. The third-order valence-electron chi connectivity index (χ3n) is 1.95. The highest BCUT2D eigenvalue weighted by atomic mass is 16.5. The van der Waals surface area contributed by atoms with E-state index in [2.05, 4.69) is 6.92 Å². The Bertz CT molecular complexity index is 121. The van der Waals surface area contributed by atoms with Gasteiger partial charge in [0.05, 0.1) is 6.61 Å². The monoisotopic (exact) mass is 185 g/mol. The van der Waals surface area contributed by atoms with Gasteiger partial charge >= 0.3 is 5.97 Å². The summed E-state index contributed by atoms with van der Waals surface area (Å²) in [4.78, 5) is 10.4. The predicted molar refractivity (Wildman–Crippen MR) is 54.3 cm³/mol. The van der Waals surface area contributed by atoms with Gasteiger partial charge in [0.25, 0.3) is 0 Å². The smallest absolute Gasteiger partial charge is 0.302 e. The molecule has 0 saturated carbocycles. The lowest BCUT2D eigenvalue weighted by atomic mass is 10.1. The van der Waals surface area contributed by atoms with E-state index in [1.807, 2.05) is 0 Å². The first-order valence-electron chi connectivity index (χ1n) is 5.20. The van der Waals surface area contributed by atoms with Crippen LogP contribution in [-0.2, 0) is 9.53 Å². The van der Waals surface area contributed by atoms with Gasteiger partial charge in [0.1, 0.15) is 0 Å². The third kappa shape index (κ3) is 11.5. The zero-order valence-electron chi connectivity index (χ0n) is 8.68. The summed E-state index contributed by atoms with van der Waals surface area (Å²) < 4.78 is 4.82. The number of ether oxygens (including phenoxy) is 1. The summed E-state index contributed by atoms with van der Waals surface area (Å²) in [5.41, 5.74) is 0. The van der Waals surface area contributed by atoms with E-state index < -0.39 is 0 Å². The third-order valence-corrected chi connectivity index (χ3v) is 1.95. The van der Waals surface area contributed by atoms with Gasteiger partial charge in [-0.05, 0) is 6.42 Å². The van der Waals surface area contributed by atoms with Gasteiger partial charge in [-0.2, -0.15) is 0 Å². The summed E-state index contributed by atoms with van der Waals surface area (Å²) in [6.07, 6.45) is 8.29. The zero-order chi connectivity index (χ0) is 9.94. The van der Waals surface area contributed by atoms with E-state index in [0.717, 1.165) is 12.8 Å². The number of hydrogen-bond acceptors (Lipinski definition) is 2. The molecule has 77 valence electrons. The largest absolute Gasteiger partial charge is 0.466 e. The molecule has 0 aromatic rings. The molecule has 0 rings (SSSR count). The summed E-state index contributed by atoms with van der Waals surface area (Å²) in [5.74, 6) is -0.169. The van der Waals surface area contributed by atoms with Crippen molar-refractivity contribution >= 4 is 5.97 Å². The Morgan fingerprint density at radius 2 is 1.62 bits per heavy atom. The van der Waals surface area contributed by atoms with E-state index in [-0.39, 0.29) is 5.97 Å². The first-order chi connectivity index (χ1) is 6.27. The minimum Gasteiger partial charge on any atom is -0.466 e. The highest BCUT2D eigenvalue weighted by Gasteiger charge is 1.93. The van der Waals surface area contributed by atoms with Crippen LogP contribution < -0.4 is 0 Å². The van der Waals surface area contributed by atoms with Crippen LogP contribution in [0.15, 0.2) is 0 Å². The average Bonchev–Trinajstić information content (AvgIpc) is 2.09. The summed E-state index contributed by atoms with van der Waals surface area (Å²) in [6.45, 7) is 5.84. The number of rotatable bonds is 8. The van der Waals surface area contributed by atoms with Crippen molar-refractivity contribution in [3.05, 3.63) is 6.92 Å². The first-order valence-corrected chi connectivity index (χ1v) is 5.20. The van der Waals surface area contributed by atoms with E-state index in [9.17, 15) is 4.79 Å². The van der Waals surface area contributed by atoms with E-state index >= 15 is 0 Å². The van der Waals surface area contributed by atoms with Crippen LogP contribution in [0.1, 0.15) is 51.9 Å². The second-order valence-corrected chi connectivity index (χ2v) is 3.31. The minimum atomic E-state index is -0.169. The molecular formula is C11H21O2. The SMILES string of the molecule is [CH2]CCCCCCCCOC(C)=O. The van der Waals surface area contributed by atoms with Crippen molar-refractivity contribution in [2.24, 2.45) is 0 Å². The lowest BCUT2D eigenvalue weighted by Gasteiger charge is -2.01. The van der Waals surface area contributed by atoms with Crippen molar-refractivity contribution in [1.29, 1.82) is 0 Å². The van der Waals surface area contributed by atoms with Crippen LogP contribution in [0.3, 0.4) is 0 Å². The van der Waals surface area contributed by atoms with Crippen LogP contribution in [0.2, 0.25) is 0 Å². The highest BCUT2D eigenvalue weighted by molar-refractivity contribution is 5.65. The molecule has 0 aliphatic carbocycles. The van der Waals surface area contributed by atoms with E-state index in [1.54, 1.807) is 0 Å². The van der Waals surface area contributed by atoms with Gasteiger partial charge in [-0.1, -0.05) is 45.4 Å². The quantitative estimate of drug-likeness (QED) is 0.429. The van der Waals surface area contributed by atoms with Gasteiger partial charge in [-0.15, -0.1) is 0 Å². The molecule has 0 aliphatic heterocycles. The van der Waals surface area contributed by atoms with Crippen LogP contribution in [-0.4, -0.2) is 12.6 Å². The summed E-state index contributed by atoms with van der Waals surface area (Å²) >= 11 is 0. The van der Waals surface area contributed by atoms with Crippen molar-refractivity contribution in [3.8, 4) is 0 Å². The molecule has 0 aromatic carbocycles. The number of unbranched alkanes of at least 4 members (excludes halogenated alkanes) is 6. The molecule has 1 radical (unpaired) electrons. The van der Waals surface area contributed by atoms with Crippen molar-refractivity contribution in [1.82, 2.24) is 0 Å². The molecule has 0 fully saturated rings. The Labute approximate surface area is 81.7 Å². The number of esters is 1. The van der Waals surface area contributed by atoms with E-state index in [1.165, 1.54) is 39.0 Å². The number of hydrogen-bond donors (Lipinski definition) is 0. The molecule has 0 aromatic heterocycles. The molecule has 0 bridgehead atoms. The lowest BCUT2D eigenvalue weighted by molar-refractivity contribution is -0.141. The second-order valence-electron chi connectivity index (χ2n) is 3.31. The van der Waals surface area contributed by atoms with Gasteiger partial charge in [0.2, 0.25) is 0 Å². The summed E-state index contributed by atoms with van der Waals surface area (Å²) in [7, 11) is 0. The molecule has 0 unspecified atom stereocenters. The highest BCUT2D eigenvalue weighted by Crippen LogP contribution is 2.06. The average molecular weight is 185 g/mol. The molecule has 0 heterocycles. The van der Waals surface area contributed by atoms with Gasteiger partial charge in [-0.3, -0.25) is 4.79 Å². The second kappa shape index (κ2) is 9.56. The lowest BCUT2D eigenvalue weighted by Crippen LogP contribution is -1.99. The van der Waals surface area contributed by atoms with Crippen LogP contribution in [0.4, 0.5) is 0 Å². The maximum absolute atomic E-state index is 10.4. The van der Waals surface area contributed by atoms with Crippen molar-refractivity contribution in [2.75, 3.05) is 6.61 Å². The van der Waals surface area contributed by atoms with Crippen LogP contribution >= 0.6 is 0 Å². The molecule has 0 N–H and O–H groups in total. The van der Waals surface area contributed by atoms with Crippen LogP contribution in [0, 0.1) is 6.92 Å². The molecule has 2 heteroatoms. The maximum Gasteiger partial charge on any atom is 0.302 e. The van der Waals surface area contributed by atoms with Crippen molar-refractivity contribution in [3.63, 3.8) is 0 Å².